The highest BCUT2D eigenvalue weighted by Gasteiger charge is 2.27. The van der Waals surface area contributed by atoms with E-state index in [1.165, 1.54) is 35.1 Å². The first-order valence-corrected chi connectivity index (χ1v) is 13.5. The average molecular weight is 494 g/mol. The van der Waals surface area contributed by atoms with Crippen molar-refractivity contribution in [2.75, 3.05) is 31.1 Å². The Balaban J connectivity index is 1.38. The summed E-state index contributed by atoms with van der Waals surface area (Å²) in [5, 5.41) is 6.74. The van der Waals surface area contributed by atoms with Crippen LogP contribution < -0.4 is 10.2 Å². The van der Waals surface area contributed by atoms with Crippen LogP contribution in [0.1, 0.15) is 30.7 Å². The Morgan fingerprint density at radius 1 is 0.972 bits per heavy atom. The molecule has 2 N–H and O–H groups in total. The SMILES string of the molecule is c1ccc(Sc2cc3c(-c4nc(N5CCNCC5)c5c(C6CCC6)cncc5n4)ccnc3[nH]2)cc1. The number of H-pyrrole nitrogens is 1. The molecule has 1 saturated carbocycles. The van der Waals surface area contributed by atoms with Crippen LogP contribution in [0.25, 0.3) is 33.3 Å². The van der Waals surface area contributed by atoms with Crippen LogP contribution in [0.5, 0.6) is 0 Å². The minimum atomic E-state index is 0.562. The van der Waals surface area contributed by atoms with Crippen molar-refractivity contribution in [3.05, 3.63) is 66.6 Å². The quantitative estimate of drug-likeness (QED) is 0.339. The summed E-state index contributed by atoms with van der Waals surface area (Å²) in [6, 6.07) is 14.6. The van der Waals surface area contributed by atoms with Gasteiger partial charge in [0, 0.05) is 59.8 Å². The predicted molar refractivity (Wildman–Crippen MR) is 145 cm³/mol. The Morgan fingerprint density at radius 3 is 2.64 bits per heavy atom. The average Bonchev–Trinajstić information content (AvgIpc) is 3.31. The van der Waals surface area contributed by atoms with Crippen molar-refractivity contribution in [1.82, 2.24) is 30.2 Å². The molecule has 7 nitrogen and oxygen atoms in total. The van der Waals surface area contributed by atoms with Crippen molar-refractivity contribution in [1.29, 1.82) is 0 Å². The summed E-state index contributed by atoms with van der Waals surface area (Å²) in [6.07, 6.45) is 9.52. The molecule has 0 bridgehead atoms. The first-order valence-electron chi connectivity index (χ1n) is 12.7. The number of rotatable bonds is 5. The predicted octanol–water partition coefficient (Wildman–Crippen LogP) is 5.40. The van der Waals surface area contributed by atoms with Gasteiger partial charge in [-0.1, -0.05) is 36.4 Å². The number of piperazine rings is 1. The second-order valence-corrected chi connectivity index (χ2v) is 10.6. The van der Waals surface area contributed by atoms with Crippen molar-refractivity contribution in [3.8, 4) is 11.4 Å². The van der Waals surface area contributed by atoms with Crippen molar-refractivity contribution in [3.63, 3.8) is 0 Å². The van der Waals surface area contributed by atoms with E-state index in [4.69, 9.17) is 9.97 Å². The van der Waals surface area contributed by atoms with Gasteiger partial charge in [0.25, 0.3) is 0 Å². The summed E-state index contributed by atoms with van der Waals surface area (Å²) in [6.45, 7) is 3.79. The van der Waals surface area contributed by atoms with E-state index in [2.05, 4.69) is 55.5 Å². The maximum atomic E-state index is 5.25. The molecule has 8 heteroatoms. The molecule has 5 heterocycles. The number of nitrogens with one attached hydrogen (secondary N) is 2. The van der Waals surface area contributed by atoms with Crippen LogP contribution in [-0.2, 0) is 0 Å². The van der Waals surface area contributed by atoms with Gasteiger partial charge >= 0.3 is 0 Å². The highest BCUT2D eigenvalue weighted by molar-refractivity contribution is 7.99. The van der Waals surface area contributed by atoms with E-state index in [0.717, 1.165) is 65.0 Å². The molecule has 180 valence electrons. The molecule has 7 rings (SSSR count). The topological polar surface area (TPSA) is 82.6 Å². The maximum absolute atomic E-state index is 5.25. The third kappa shape index (κ3) is 3.90. The Kier molecular flexibility index (Phi) is 5.55. The Labute approximate surface area is 213 Å². The van der Waals surface area contributed by atoms with Crippen LogP contribution in [0.3, 0.4) is 0 Å². The molecule has 1 aliphatic heterocycles. The molecule has 2 fully saturated rings. The number of benzene rings is 1. The van der Waals surface area contributed by atoms with Gasteiger partial charge in [0.1, 0.15) is 11.5 Å². The Morgan fingerprint density at radius 2 is 1.83 bits per heavy atom. The fourth-order valence-corrected chi connectivity index (χ4v) is 6.08. The van der Waals surface area contributed by atoms with E-state index in [9.17, 15) is 0 Å². The van der Waals surface area contributed by atoms with Gasteiger partial charge in [-0.25, -0.2) is 15.0 Å². The summed E-state index contributed by atoms with van der Waals surface area (Å²) in [5.74, 6) is 2.33. The lowest BCUT2D eigenvalue weighted by atomic mass is 9.79. The molecule has 0 atom stereocenters. The number of hydrogen-bond acceptors (Lipinski definition) is 7. The third-order valence-electron chi connectivity index (χ3n) is 7.30. The molecular weight excluding hydrogens is 466 g/mol. The number of nitrogens with zero attached hydrogens (tertiary/aromatic N) is 5. The van der Waals surface area contributed by atoms with Gasteiger partial charge in [-0.15, -0.1) is 0 Å². The van der Waals surface area contributed by atoms with Crippen LogP contribution in [0, 0.1) is 0 Å². The van der Waals surface area contributed by atoms with Gasteiger partial charge in [-0.3, -0.25) is 4.98 Å². The minimum Gasteiger partial charge on any atom is -0.353 e. The van der Waals surface area contributed by atoms with Crippen LogP contribution in [0.2, 0.25) is 0 Å². The van der Waals surface area contributed by atoms with Crippen molar-refractivity contribution < 1.29 is 0 Å². The number of fused-ring (bicyclic) bond motifs is 2. The smallest absolute Gasteiger partial charge is 0.163 e. The molecule has 0 unspecified atom stereocenters. The summed E-state index contributed by atoms with van der Waals surface area (Å²) >= 11 is 1.70. The van der Waals surface area contributed by atoms with Crippen LogP contribution in [0.15, 0.2) is 71.0 Å². The number of hydrogen-bond donors (Lipinski definition) is 2. The molecule has 1 saturated heterocycles. The zero-order valence-electron chi connectivity index (χ0n) is 19.9. The van der Waals surface area contributed by atoms with Gasteiger partial charge in [0.05, 0.1) is 16.7 Å². The summed E-state index contributed by atoms with van der Waals surface area (Å²) < 4.78 is 0. The Bertz CT molecular complexity index is 1540. The lowest BCUT2D eigenvalue weighted by Gasteiger charge is -2.32. The van der Waals surface area contributed by atoms with Crippen LogP contribution in [0.4, 0.5) is 5.82 Å². The Hall–Kier alpha value is -3.49. The zero-order valence-corrected chi connectivity index (χ0v) is 20.8. The minimum absolute atomic E-state index is 0.562. The molecule has 1 aliphatic carbocycles. The van der Waals surface area contributed by atoms with Crippen molar-refractivity contribution >= 4 is 39.5 Å². The standard InChI is InChI=1S/C28H27N7S/c1-2-7-19(8-3-1)36-24-15-21-20(9-10-31-26(21)33-24)27-32-23-17-30-16-22(18-5-4-6-18)25(23)28(34-27)35-13-11-29-12-14-35/h1-3,7-10,15-18,29H,4-6,11-14H2,(H,31,33). The lowest BCUT2D eigenvalue weighted by Crippen LogP contribution is -2.44. The second kappa shape index (κ2) is 9.19. The fourth-order valence-electron chi connectivity index (χ4n) is 5.21. The summed E-state index contributed by atoms with van der Waals surface area (Å²) in [7, 11) is 0. The number of anilines is 1. The molecule has 0 amide bonds. The zero-order chi connectivity index (χ0) is 23.9. The van der Waals surface area contributed by atoms with Gasteiger partial charge in [-0.05, 0) is 48.6 Å². The lowest BCUT2D eigenvalue weighted by molar-refractivity contribution is 0.421. The molecule has 4 aromatic heterocycles. The largest absolute Gasteiger partial charge is 0.353 e. The first kappa shape index (κ1) is 21.8. The molecule has 1 aromatic carbocycles. The van der Waals surface area contributed by atoms with E-state index in [0.29, 0.717) is 5.92 Å². The van der Waals surface area contributed by atoms with E-state index >= 15 is 0 Å². The highest BCUT2D eigenvalue weighted by atomic mass is 32.2. The van der Waals surface area contributed by atoms with Crippen molar-refractivity contribution in [2.24, 2.45) is 0 Å². The van der Waals surface area contributed by atoms with E-state index in [-0.39, 0.29) is 0 Å². The van der Waals surface area contributed by atoms with E-state index < -0.39 is 0 Å². The fraction of sp³-hybridized carbons (Fsp3) is 0.286. The molecule has 0 radical (unpaired) electrons. The van der Waals surface area contributed by atoms with E-state index in [1.54, 1.807) is 11.8 Å². The highest BCUT2D eigenvalue weighted by Crippen LogP contribution is 2.42. The molecule has 36 heavy (non-hydrogen) atoms. The van der Waals surface area contributed by atoms with Gasteiger partial charge in [0.2, 0.25) is 0 Å². The summed E-state index contributed by atoms with van der Waals surface area (Å²) in [5.41, 5.74) is 4.07. The summed E-state index contributed by atoms with van der Waals surface area (Å²) in [4.78, 5) is 26.6. The molecule has 0 spiro atoms. The molecule has 5 aromatic rings. The number of pyridine rings is 2. The number of aromatic amines is 1. The normalized spacial score (nSPS) is 16.5. The third-order valence-corrected chi connectivity index (χ3v) is 8.25. The molecule has 2 aliphatic rings. The maximum Gasteiger partial charge on any atom is 0.163 e. The van der Waals surface area contributed by atoms with Gasteiger partial charge < -0.3 is 15.2 Å². The number of aromatic nitrogens is 5. The van der Waals surface area contributed by atoms with Gasteiger partial charge in [-0.2, -0.15) is 0 Å². The monoisotopic (exact) mass is 493 g/mol. The van der Waals surface area contributed by atoms with Crippen LogP contribution in [-0.4, -0.2) is 51.1 Å². The van der Waals surface area contributed by atoms with Crippen molar-refractivity contribution in [2.45, 2.75) is 35.1 Å². The second-order valence-electron chi connectivity index (χ2n) is 9.53. The molecular formula is C28H27N7S. The first-order chi connectivity index (χ1) is 17.8. The van der Waals surface area contributed by atoms with Gasteiger partial charge in [0.15, 0.2) is 5.82 Å². The van der Waals surface area contributed by atoms with Crippen LogP contribution >= 0.6 is 11.8 Å². The van der Waals surface area contributed by atoms with E-state index in [1.807, 2.05) is 30.7 Å².